The van der Waals surface area contributed by atoms with Crippen molar-refractivity contribution in [3.63, 3.8) is 0 Å². The molecule has 0 N–H and O–H groups in total. The Labute approximate surface area is 57.0 Å². The molecule has 0 unspecified atom stereocenters. The van der Waals surface area contributed by atoms with E-state index < -0.39 is 0 Å². The van der Waals surface area contributed by atoms with Gasteiger partial charge in [-0.15, -0.1) is 0 Å². The molecule has 2 rings (SSSR count). The van der Waals surface area contributed by atoms with Gasteiger partial charge >= 0.3 is 0 Å². The lowest BCUT2D eigenvalue weighted by Crippen LogP contribution is -1.85. The van der Waals surface area contributed by atoms with Gasteiger partial charge in [-0.1, -0.05) is 0 Å². The smallest absolute Gasteiger partial charge is 0.166 e. The van der Waals surface area contributed by atoms with Crippen molar-refractivity contribution in [3.05, 3.63) is 25.0 Å². The van der Waals surface area contributed by atoms with Crippen molar-refractivity contribution >= 4 is 11.0 Å². The van der Waals surface area contributed by atoms with Crippen LogP contribution in [0.15, 0.2) is 18.9 Å². The Morgan fingerprint density at radius 1 is 1.20 bits per heavy atom. The molecule has 0 saturated carbocycles. The van der Waals surface area contributed by atoms with Crippen molar-refractivity contribution in [1.82, 2.24) is 19.9 Å². The van der Waals surface area contributed by atoms with Crippen molar-refractivity contribution in [2.75, 3.05) is 0 Å². The van der Waals surface area contributed by atoms with E-state index in [9.17, 15) is 0 Å². The molecule has 1 radical (unpaired) electrons. The summed E-state index contributed by atoms with van der Waals surface area (Å²) in [6.07, 6.45) is 7.20. The van der Waals surface area contributed by atoms with E-state index in [0.29, 0.717) is 5.65 Å². The van der Waals surface area contributed by atoms with Gasteiger partial charge in [-0.25, -0.2) is 19.9 Å². The zero-order valence-corrected chi connectivity index (χ0v) is 5.02. The van der Waals surface area contributed by atoms with Gasteiger partial charge in [-0.3, -0.25) is 0 Å². The fourth-order valence-electron chi connectivity index (χ4n) is 0.687. The van der Waals surface area contributed by atoms with E-state index in [1.165, 1.54) is 12.7 Å². The Bertz CT molecular complexity index is 281. The molecular formula is C6H3N4. The van der Waals surface area contributed by atoms with Gasteiger partial charge in [-0.05, 0) is 0 Å². The van der Waals surface area contributed by atoms with Crippen LogP contribution in [-0.4, -0.2) is 19.9 Å². The lowest BCUT2D eigenvalue weighted by atomic mass is 10.4. The molecule has 47 valence electrons. The van der Waals surface area contributed by atoms with Gasteiger partial charge in [0.1, 0.15) is 18.9 Å². The molecule has 0 amide bonds. The molecule has 0 aliphatic carbocycles. The van der Waals surface area contributed by atoms with Crippen molar-refractivity contribution in [2.45, 2.75) is 0 Å². The summed E-state index contributed by atoms with van der Waals surface area (Å²) < 4.78 is 0. The molecule has 0 spiro atoms. The number of hydrogen-bond acceptors (Lipinski definition) is 4. The molecule has 0 fully saturated rings. The third kappa shape index (κ3) is 0.699. The van der Waals surface area contributed by atoms with Crippen LogP contribution in [0.5, 0.6) is 0 Å². The molecule has 10 heavy (non-hydrogen) atoms. The average molecular weight is 131 g/mol. The Morgan fingerprint density at radius 2 is 2.10 bits per heavy atom. The second-order valence-electron chi connectivity index (χ2n) is 1.75. The molecule has 0 aliphatic heterocycles. The fraction of sp³-hybridized carbons (Fsp3) is 0. The maximum atomic E-state index is 3.89. The first-order valence-corrected chi connectivity index (χ1v) is 2.75. The van der Waals surface area contributed by atoms with Crippen LogP contribution in [0.25, 0.3) is 11.0 Å². The largest absolute Gasteiger partial charge is 0.244 e. The number of fused-ring (bicyclic) bond motifs is 1. The van der Waals surface area contributed by atoms with Gasteiger partial charge in [0.15, 0.2) is 5.65 Å². The number of aromatic nitrogens is 4. The summed E-state index contributed by atoms with van der Waals surface area (Å²) >= 11 is 0. The Hall–Kier alpha value is -1.58. The highest BCUT2D eigenvalue weighted by molar-refractivity contribution is 5.70. The van der Waals surface area contributed by atoms with Gasteiger partial charge in [0.05, 0.1) is 5.39 Å². The molecule has 0 aliphatic rings. The predicted molar refractivity (Wildman–Crippen MR) is 34.0 cm³/mol. The monoisotopic (exact) mass is 131 g/mol. The first-order valence-electron chi connectivity index (χ1n) is 2.75. The number of hydrogen-bond donors (Lipinski definition) is 0. The third-order valence-electron chi connectivity index (χ3n) is 1.11. The third-order valence-corrected chi connectivity index (χ3v) is 1.11. The highest BCUT2D eigenvalue weighted by atomic mass is 14.9. The molecule has 2 heterocycles. The molecule has 0 atom stereocenters. The lowest BCUT2D eigenvalue weighted by Gasteiger charge is -1.88. The highest BCUT2D eigenvalue weighted by Gasteiger charge is 1.91. The topological polar surface area (TPSA) is 51.6 Å². The van der Waals surface area contributed by atoms with E-state index in [2.05, 4.69) is 26.1 Å². The van der Waals surface area contributed by atoms with Crippen molar-refractivity contribution in [1.29, 1.82) is 0 Å². The molecule has 4 nitrogen and oxygen atoms in total. The van der Waals surface area contributed by atoms with Crippen LogP contribution in [0, 0.1) is 6.20 Å². The maximum absolute atomic E-state index is 3.89. The molecule has 4 heteroatoms. The minimum Gasteiger partial charge on any atom is -0.244 e. The van der Waals surface area contributed by atoms with Gasteiger partial charge in [0.2, 0.25) is 0 Å². The minimum atomic E-state index is 0.630. The van der Waals surface area contributed by atoms with Crippen molar-refractivity contribution in [2.24, 2.45) is 0 Å². The van der Waals surface area contributed by atoms with E-state index in [4.69, 9.17) is 0 Å². The molecule has 0 saturated heterocycles. The summed E-state index contributed by atoms with van der Waals surface area (Å²) in [4.78, 5) is 15.3. The van der Waals surface area contributed by atoms with Gasteiger partial charge in [-0.2, -0.15) is 0 Å². The van der Waals surface area contributed by atoms with E-state index in [1.54, 1.807) is 6.20 Å². The van der Waals surface area contributed by atoms with Crippen LogP contribution in [0.2, 0.25) is 0 Å². The van der Waals surface area contributed by atoms with Gasteiger partial charge in [0, 0.05) is 6.20 Å². The first kappa shape index (κ1) is 5.22. The molecular weight excluding hydrogens is 128 g/mol. The Morgan fingerprint density at radius 3 is 3.00 bits per heavy atom. The molecule has 2 aromatic rings. The SMILES string of the molecule is [c]1ncnc2ncncc12. The van der Waals surface area contributed by atoms with Crippen LogP contribution in [0.1, 0.15) is 0 Å². The lowest BCUT2D eigenvalue weighted by molar-refractivity contribution is 1.13. The van der Waals surface area contributed by atoms with Crippen LogP contribution in [-0.2, 0) is 0 Å². The first-order chi connectivity index (χ1) is 4.97. The summed E-state index contributed by atoms with van der Waals surface area (Å²) in [7, 11) is 0. The number of rotatable bonds is 0. The van der Waals surface area contributed by atoms with E-state index in [0.717, 1.165) is 5.39 Å². The predicted octanol–water partition coefficient (Wildman–Crippen LogP) is 0.220. The van der Waals surface area contributed by atoms with Crippen LogP contribution < -0.4 is 0 Å². The Kier molecular flexibility index (Phi) is 1.04. The zero-order valence-electron chi connectivity index (χ0n) is 5.02. The van der Waals surface area contributed by atoms with Crippen LogP contribution in [0.3, 0.4) is 0 Å². The van der Waals surface area contributed by atoms with E-state index in [1.807, 2.05) is 0 Å². The maximum Gasteiger partial charge on any atom is 0.166 e. The fourth-order valence-corrected chi connectivity index (χ4v) is 0.687. The van der Waals surface area contributed by atoms with Gasteiger partial charge in [0.25, 0.3) is 0 Å². The number of nitrogens with zero attached hydrogens (tertiary/aromatic N) is 4. The minimum absolute atomic E-state index is 0.630. The Balaban J connectivity index is 2.89. The second-order valence-corrected chi connectivity index (χ2v) is 1.75. The van der Waals surface area contributed by atoms with Crippen molar-refractivity contribution in [3.8, 4) is 0 Å². The zero-order chi connectivity index (χ0) is 6.81. The summed E-state index contributed by atoms with van der Waals surface area (Å²) in [5.74, 6) is 0. The standard InChI is InChI=1S/C6H3N4/c1-5-2-8-4-10-6(5)9-3-7-1/h1,3-4H. The van der Waals surface area contributed by atoms with Crippen molar-refractivity contribution < 1.29 is 0 Å². The molecule has 0 aromatic carbocycles. The quantitative estimate of drug-likeness (QED) is 0.513. The second kappa shape index (κ2) is 1.98. The van der Waals surface area contributed by atoms with Gasteiger partial charge < -0.3 is 0 Å². The van der Waals surface area contributed by atoms with E-state index in [-0.39, 0.29) is 0 Å². The summed E-state index contributed by atoms with van der Waals surface area (Å²) in [5, 5.41) is 0.741. The summed E-state index contributed by atoms with van der Waals surface area (Å²) in [6, 6.07) is 0. The average Bonchev–Trinajstić information content (AvgIpc) is 2.05. The highest BCUT2D eigenvalue weighted by Crippen LogP contribution is 1.99. The van der Waals surface area contributed by atoms with Crippen LogP contribution in [0.4, 0.5) is 0 Å². The summed E-state index contributed by atoms with van der Waals surface area (Å²) in [5.41, 5.74) is 0.630. The summed E-state index contributed by atoms with van der Waals surface area (Å²) in [6.45, 7) is 0. The normalized spacial score (nSPS) is 10.0. The van der Waals surface area contributed by atoms with Crippen LogP contribution >= 0.6 is 0 Å². The molecule has 2 aromatic heterocycles. The van der Waals surface area contributed by atoms with E-state index >= 15 is 0 Å². The molecule has 0 bridgehead atoms.